The third kappa shape index (κ3) is 1.80. The zero-order chi connectivity index (χ0) is 12.5. The molecule has 0 atom stereocenters. The lowest BCUT2D eigenvalue weighted by Gasteiger charge is -2.28. The lowest BCUT2D eigenvalue weighted by Crippen LogP contribution is -2.36. The van der Waals surface area contributed by atoms with Gasteiger partial charge in [0, 0.05) is 18.8 Å². The first kappa shape index (κ1) is 11.0. The summed E-state index contributed by atoms with van der Waals surface area (Å²) >= 11 is 0. The molecule has 0 bridgehead atoms. The van der Waals surface area contributed by atoms with Crippen LogP contribution in [0.2, 0.25) is 0 Å². The minimum atomic E-state index is -0.280. The maximum Gasteiger partial charge on any atom is 0.270 e. The van der Waals surface area contributed by atoms with Crippen molar-refractivity contribution in [3.05, 3.63) is 38.9 Å². The molecule has 3 rings (SSSR count). The lowest BCUT2D eigenvalue weighted by molar-refractivity contribution is 0.122. The van der Waals surface area contributed by atoms with E-state index in [0.717, 1.165) is 18.8 Å². The van der Waals surface area contributed by atoms with Gasteiger partial charge in [0.1, 0.15) is 0 Å². The highest BCUT2D eigenvalue weighted by atomic mass is 16.5. The zero-order valence-corrected chi connectivity index (χ0v) is 9.73. The van der Waals surface area contributed by atoms with Crippen LogP contribution in [0.15, 0.2) is 27.8 Å². The molecule has 0 saturated carbocycles. The number of nitrogens with zero attached hydrogens (tertiary/aromatic N) is 1. The van der Waals surface area contributed by atoms with Crippen LogP contribution in [0.25, 0.3) is 10.8 Å². The standard InChI is InChI=1S/C12H13N3O3/c16-11-9-2-1-8(15-3-5-18-6-4-15)7-10(9)12(17)14-13-11/h1-2,7H,3-6H2,(H,13,16)(H,14,17). The summed E-state index contributed by atoms with van der Waals surface area (Å²) in [4.78, 5) is 25.4. The summed E-state index contributed by atoms with van der Waals surface area (Å²) in [6, 6.07) is 5.31. The van der Waals surface area contributed by atoms with Crippen molar-refractivity contribution in [3.63, 3.8) is 0 Å². The maximum atomic E-state index is 11.7. The summed E-state index contributed by atoms with van der Waals surface area (Å²) in [7, 11) is 0. The van der Waals surface area contributed by atoms with Gasteiger partial charge in [0.15, 0.2) is 0 Å². The smallest absolute Gasteiger partial charge is 0.270 e. The molecule has 2 N–H and O–H groups in total. The second-order valence-corrected chi connectivity index (χ2v) is 4.24. The number of aromatic nitrogens is 2. The molecule has 2 heterocycles. The fraction of sp³-hybridized carbons (Fsp3) is 0.333. The maximum absolute atomic E-state index is 11.7. The number of nitrogens with one attached hydrogen (secondary N) is 2. The Morgan fingerprint density at radius 2 is 1.67 bits per heavy atom. The molecule has 2 aromatic rings. The Morgan fingerprint density at radius 3 is 2.39 bits per heavy atom. The Balaban J connectivity index is 2.13. The molecule has 0 unspecified atom stereocenters. The van der Waals surface area contributed by atoms with E-state index in [1.54, 1.807) is 12.1 Å². The first-order chi connectivity index (χ1) is 8.75. The van der Waals surface area contributed by atoms with E-state index in [0.29, 0.717) is 24.0 Å². The lowest BCUT2D eigenvalue weighted by atomic mass is 10.1. The van der Waals surface area contributed by atoms with Crippen LogP contribution in [0.5, 0.6) is 0 Å². The number of H-pyrrole nitrogens is 2. The number of rotatable bonds is 1. The zero-order valence-electron chi connectivity index (χ0n) is 9.73. The summed E-state index contributed by atoms with van der Waals surface area (Å²) in [5, 5.41) is 5.48. The molecule has 1 aliphatic rings. The second kappa shape index (κ2) is 4.30. The Hall–Kier alpha value is -2.08. The topological polar surface area (TPSA) is 78.2 Å². The molecule has 6 heteroatoms. The Labute approximate surface area is 102 Å². The molecule has 0 aliphatic carbocycles. The highest BCUT2D eigenvalue weighted by molar-refractivity contribution is 5.84. The van der Waals surface area contributed by atoms with Crippen LogP contribution in [0.1, 0.15) is 0 Å². The molecule has 1 aromatic carbocycles. The van der Waals surface area contributed by atoms with Gasteiger partial charge >= 0.3 is 0 Å². The van der Waals surface area contributed by atoms with E-state index >= 15 is 0 Å². The van der Waals surface area contributed by atoms with Gasteiger partial charge in [-0.05, 0) is 18.2 Å². The van der Waals surface area contributed by atoms with E-state index in [-0.39, 0.29) is 11.1 Å². The number of morpholine rings is 1. The minimum absolute atomic E-state index is 0.278. The number of ether oxygens (including phenoxy) is 1. The molecule has 1 aromatic heterocycles. The van der Waals surface area contributed by atoms with Crippen molar-refractivity contribution < 1.29 is 4.74 Å². The van der Waals surface area contributed by atoms with Crippen molar-refractivity contribution in [3.8, 4) is 0 Å². The SMILES string of the molecule is O=c1[nH][nH]c(=O)c2cc(N3CCOCC3)ccc12. The van der Waals surface area contributed by atoms with Crippen LogP contribution in [-0.2, 0) is 4.74 Å². The summed E-state index contributed by atoms with van der Waals surface area (Å²) in [5.41, 5.74) is 0.389. The van der Waals surface area contributed by atoms with Crippen molar-refractivity contribution in [1.82, 2.24) is 10.2 Å². The van der Waals surface area contributed by atoms with Crippen LogP contribution in [0.4, 0.5) is 5.69 Å². The van der Waals surface area contributed by atoms with Crippen LogP contribution in [0, 0.1) is 0 Å². The Bertz CT molecular complexity index is 683. The van der Waals surface area contributed by atoms with Gasteiger partial charge in [0.25, 0.3) is 11.1 Å². The van der Waals surface area contributed by atoms with Crippen LogP contribution >= 0.6 is 0 Å². The van der Waals surface area contributed by atoms with E-state index in [1.165, 1.54) is 0 Å². The summed E-state index contributed by atoms with van der Waals surface area (Å²) in [6.45, 7) is 2.97. The number of fused-ring (bicyclic) bond motifs is 1. The van der Waals surface area contributed by atoms with Gasteiger partial charge in [-0.3, -0.25) is 19.8 Å². The summed E-state index contributed by atoms with van der Waals surface area (Å²) in [6.07, 6.45) is 0. The highest BCUT2D eigenvalue weighted by Gasteiger charge is 2.12. The fourth-order valence-corrected chi connectivity index (χ4v) is 2.18. The molecule has 0 spiro atoms. The molecule has 1 aliphatic heterocycles. The fourth-order valence-electron chi connectivity index (χ4n) is 2.18. The number of hydrogen-bond acceptors (Lipinski definition) is 4. The quantitative estimate of drug-likeness (QED) is 0.746. The predicted octanol–water partition coefficient (Wildman–Crippen LogP) is 0.0530. The van der Waals surface area contributed by atoms with Gasteiger partial charge < -0.3 is 9.64 Å². The Kier molecular flexibility index (Phi) is 2.64. The molecule has 6 nitrogen and oxygen atoms in total. The molecule has 0 radical (unpaired) electrons. The monoisotopic (exact) mass is 247 g/mol. The highest BCUT2D eigenvalue weighted by Crippen LogP contribution is 2.18. The van der Waals surface area contributed by atoms with Gasteiger partial charge in [0.05, 0.1) is 24.0 Å². The van der Waals surface area contributed by atoms with Crippen molar-refractivity contribution in [1.29, 1.82) is 0 Å². The molecule has 94 valence electrons. The van der Waals surface area contributed by atoms with Crippen molar-refractivity contribution in [2.75, 3.05) is 31.2 Å². The number of anilines is 1. The van der Waals surface area contributed by atoms with Gasteiger partial charge in [-0.25, -0.2) is 0 Å². The third-order valence-corrected chi connectivity index (χ3v) is 3.16. The van der Waals surface area contributed by atoms with E-state index in [2.05, 4.69) is 15.1 Å². The van der Waals surface area contributed by atoms with Gasteiger partial charge in [-0.15, -0.1) is 0 Å². The first-order valence-electron chi connectivity index (χ1n) is 5.83. The van der Waals surface area contributed by atoms with Crippen LogP contribution in [0.3, 0.4) is 0 Å². The molecule has 1 fully saturated rings. The number of hydrogen-bond donors (Lipinski definition) is 2. The van der Waals surface area contributed by atoms with Crippen molar-refractivity contribution >= 4 is 16.5 Å². The third-order valence-electron chi connectivity index (χ3n) is 3.16. The molecular weight excluding hydrogens is 234 g/mol. The molecular formula is C12H13N3O3. The number of benzene rings is 1. The minimum Gasteiger partial charge on any atom is -0.378 e. The Morgan fingerprint density at radius 1 is 1.00 bits per heavy atom. The largest absolute Gasteiger partial charge is 0.378 e. The van der Waals surface area contributed by atoms with Crippen LogP contribution in [-0.4, -0.2) is 36.5 Å². The number of aromatic amines is 2. The van der Waals surface area contributed by atoms with Gasteiger partial charge in [-0.1, -0.05) is 0 Å². The molecule has 0 amide bonds. The predicted molar refractivity (Wildman–Crippen MR) is 68.2 cm³/mol. The summed E-state index contributed by atoms with van der Waals surface area (Å²) in [5.74, 6) is 0. The van der Waals surface area contributed by atoms with E-state index in [4.69, 9.17) is 4.74 Å². The first-order valence-corrected chi connectivity index (χ1v) is 5.83. The van der Waals surface area contributed by atoms with E-state index in [1.807, 2.05) is 6.07 Å². The van der Waals surface area contributed by atoms with E-state index < -0.39 is 0 Å². The van der Waals surface area contributed by atoms with Crippen LogP contribution < -0.4 is 16.0 Å². The summed E-state index contributed by atoms with van der Waals surface area (Å²) < 4.78 is 5.29. The van der Waals surface area contributed by atoms with Crippen molar-refractivity contribution in [2.24, 2.45) is 0 Å². The van der Waals surface area contributed by atoms with Gasteiger partial charge in [-0.2, -0.15) is 0 Å². The molecule has 18 heavy (non-hydrogen) atoms. The second-order valence-electron chi connectivity index (χ2n) is 4.24. The normalized spacial score (nSPS) is 16.1. The van der Waals surface area contributed by atoms with E-state index in [9.17, 15) is 9.59 Å². The average molecular weight is 247 g/mol. The molecule has 1 saturated heterocycles. The van der Waals surface area contributed by atoms with Crippen molar-refractivity contribution in [2.45, 2.75) is 0 Å². The average Bonchev–Trinajstić information content (AvgIpc) is 2.44. The van der Waals surface area contributed by atoms with Gasteiger partial charge in [0.2, 0.25) is 0 Å².